The van der Waals surface area contributed by atoms with Crippen molar-refractivity contribution in [3.05, 3.63) is 58.7 Å². The topological polar surface area (TPSA) is 35.2 Å². The van der Waals surface area contributed by atoms with Crippen molar-refractivity contribution >= 4 is 17.8 Å². The predicted molar refractivity (Wildman–Crippen MR) is 108 cm³/mol. The first-order valence-electron chi connectivity index (χ1n) is 8.99. The third kappa shape index (κ3) is 3.44. The summed E-state index contributed by atoms with van der Waals surface area (Å²) in [6.07, 6.45) is 6.75. The van der Waals surface area contributed by atoms with Crippen LogP contribution in [0.5, 0.6) is 5.75 Å². The number of nitrogens with two attached hydrogens (primary N) is 1. The Bertz CT molecular complexity index is 815. The molecule has 0 heterocycles. The van der Waals surface area contributed by atoms with Crippen LogP contribution in [0.1, 0.15) is 62.8 Å². The summed E-state index contributed by atoms with van der Waals surface area (Å²) < 4.78 is 5.22. The van der Waals surface area contributed by atoms with Gasteiger partial charge >= 0.3 is 0 Å². The first-order chi connectivity index (χ1) is 11.7. The van der Waals surface area contributed by atoms with Crippen LogP contribution in [0, 0.1) is 0 Å². The SMILES string of the molecule is COc1ccc(/C=C/c2ccc3c(c2)C(C)(C)CCC3(C)C)cc1N. The van der Waals surface area contributed by atoms with Gasteiger partial charge < -0.3 is 10.5 Å². The minimum absolute atomic E-state index is 0.235. The molecular weight excluding hydrogens is 306 g/mol. The maximum atomic E-state index is 6.00. The Morgan fingerprint density at radius 3 is 2.00 bits per heavy atom. The molecule has 132 valence electrons. The highest BCUT2D eigenvalue weighted by atomic mass is 16.5. The van der Waals surface area contributed by atoms with Crippen LogP contribution in [-0.4, -0.2) is 7.11 Å². The smallest absolute Gasteiger partial charge is 0.141 e. The second-order valence-corrected chi connectivity index (χ2v) is 8.41. The Kier molecular flexibility index (Phi) is 4.40. The van der Waals surface area contributed by atoms with Crippen LogP contribution in [0.15, 0.2) is 36.4 Å². The molecule has 0 spiro atoms. The number of nitrogen functional groups attached to an aromatic ring is 1. The molecule has 0 unspecified atom stereocenters. The molecule has 0 saturated heterocycles. The number of rotatable bonds is 3. The standard InChI is InChI=1S/C23H29NO/c1-22(2)12-13-23(3,4)19-14-16(8-10-18(19)22)6-7-17-9-11-21(25-5)20(24)15-17/h6-11,14-15H,12-13,24H2,1-5H3/b7-6+. The minimum Gasteiger partial charge on any atom is -0.495 e. The monoisotopic (exact) mass is 335 g/mol. The first-order valence-corrected chi connectivity index (χ1v) is 8.99. The van der Waals surface area contributed by atoms with Crippen molar-refractivity contribution in [2.45, 2.75) is 51.4 Å². The molecule has 0 bridgehead atoms. The fourth-order valence-electron chi connectivity index (χ4n) is 3.76. The minimum atomic E-state index is 0.235. The van der Waals surface area contributed by atoms with Crippen molar-refractivity contribution in [2.24, 2.45) is 0 Å². The van der Waals surface area contributed by atoms with Crippen LogP contribution in [0.3, 0.4) is 0 Å². The van der Waals surface area contributed by atoms with E-state index in [9.17, 15) is 0 Å². The lowest BCUT2D eigenvalue weighted by atomic mass is 9.63. The van der Waals surface area contributed by atoms with E-state index in [0.29, 0.717) is 5.69 Å². The van der Waals surface area contributed by atoms with Gasteiger partial charge in [-0.2, -0.15) is 0 Å². The lowest BCUT2D eigenvalue weighted by Crippen LogP contribution is -2.33. The molecule has 0 aromatic heterocycles. The Morgan fingerprint density at radius 2 is 1.40 bits per heavy atom. The predicted octanol–water partition coefficient (Wildman–Crippen LogP) is 5.80. The van der Waals surface area contributed by atoms with E-state index in [1.807, 2.05) is 18.2 Å². The van der Waals surface area contributed by atoms with Crippen molar-refractivity contribution in [1.29, 1.82) is 0 Å². The third-order valence-corrected chi connectivity index (χ3v) is 5.60. The van der Waals surface area contributed by atoms with Crippen molar-refractivity contribution in [1.82, 2.24) is 0 Å². The van der Waals surface area contributed by atoms with E-state index in [4.69, 9.17) is 10.5 Å². The summed E-state index contributed by atoms with van der Waals surface area (Å²) >= 11 is 0. The second-order valence-electron chi connectivity index (χ2n) is 8.41. The average Bonchev–Trinajstić information content (AvgIpc) is 2.57. The molecule has 0 fully saturated rings. The molecule has 0 atom stereocenters. The number of hydrogen-bond donors (Lipinski definition) is 1. The largest absolute Gasteiger partial charge is 0.495 e. The summed E-state index contributed by atoms with van der Waals surface area (Å²) in [5.41, 5.74) is 12.5. The fraction of sp³-hybridized carbons (Fsp3) is 0.391. The van der Waals surface area contributed by atoms with Gasteiger partial charge in [0.05, 0.1) is 12.8 Å². The van der Waals surface area contributed by atoms with Gasteiger partial charge in [0.2, 0.25) is 0 Å². The van der Waals surface area contributed by atoms with Gasteiger partial charge in [0.25, 0.3) is 0 Å². The lowest BCUT2D eigenvalue weighted by molar-refractivity contribution is 0.332. The van der Waals surface area contributed by atoms with E-state index in [0.717, 1.165) is 11.3 Å². The van der Waals surface area contributed by atoms with E-state index >= 15 is 0 Å². The summed E-state index contributed by atoms with van der Waals surface area (Å²) in [5.74, 6) is 0.718. The summed E-state index contributed by atoms with van der Waals surface area (Å²) in [6.45, 7) is 9.44. The van der Waals surface area contributed by atoms with Crippen molar-refractivity contribution in [2.75, 3.05) is 12.8 Å². The van der Waals surface area contributed by atoms with Crippen LogP contribution in [0.4, 0.5) is 5.69 Å². The molecule has 2 N–H and O–H groups in total. The molecule has 1 aliphatic rings. The number of fused-ring (bicyclic) bond motifs is 1. The second kappa shape index (κ2) is 6.25. The molecule has 25 heavy (non-hydrogen) atoms. The van der Waals surface area contributed by atoms with Gasteiger partial charge in [-0.25, -0.2) is 0 Å². The Labute approximate surface area is 151 Å². The van der Waals surface area contributed by atoms with Crippen molar-refractivity contribution in [3.63, 3.8) is 0 Å². The Morgan fingerprint density at radius 1 is 0.840 bits per heavy atom. The average molecular weight is 335 g/mol. The van der Waals surface area contributed by atoms with Gasteiger partial charge in [-0.05, 0) is 58.1 Å². The molecule has 2 aromatic rings. The number of hydrogen-bond acceptors (Lipinski definition) is 2. The number of anilines is 1. The van der Waals surface area contributed by atoms with Crippen molar-refractivity contribution in [3.8, 4) is 5.75 Å². The Hall–Kier alpha value is -2.22. The maximum absolute atomic E-state index is 6.00. The number of ether oxygens (including phenoxy) is 1. The molecule has 0 radical (unpaired) electrons. The van der Waals surface area contributed by atoms with Gasteiger partial charge in [-0.1, -0.05) is 64.1 Å². The lowest BCUT2D eigenvalue weighted by Gasteiger charge is -2.42. The van der Waals surface area contributed by atoms with Crippen LogP contribution >= 0.6 is 0 Å². The number of methoxy groups -OCH3 is 1. The quantitative estimate of drug-likeness (QED) is 0.568. The summed E-state index contributed by atoms with van der Waals surface area (Å²) in [7, 11) is 1.64. The van der Waals surface area contributed by atoms with E-state index in [1.165, 1.54) is 29.5 Å². The van der Waals surface area contributed by atoms with Crippen LogP contribution in [0.25, 0.3) is 12.2 Å². The van der Waals surface area contributed by atoms with Gasteiger partial charge in [0.1, 0.15) is 5.75 Å². The highest BCUT2D eigenvalue weighted by Crippen LogP contribution is 2.46. The van der Waals surface area contributed by atoms with E-state index < -0.39 is 0 Å². The van der Waals surface area contributed by atoms with Gasteiger partial charge in [-0.15, -0.1) is 0 Å². The molecule has 0 saturated carbocycles. The highest BCUT2D eigenvalue weighted by Gasteiger charge is 2.36. The molecule has 3 rings (SSSR count). The fourth-order valence-corrected chi connectivity index (χ4v) is 3.76. The maximum Gasteiger partial charge on any atom is 0.141 e. The molecule has 0 amide bonds. The zero-order chi connectivity index (χ0) is 18.2. The summed E-state index contributed by atoms with van der Waals surface area (Å²) in [6, 6.07) is 12.8. The zero-order valence-corrected chi connectivity index (χ0v) is 16.0. The molecule has 2 heteroatoms. The van der Waals surface area contributed by atoms with Crippen molar-refractivity contribution < 1.29 is 4.74 Å². The van der Waals surface area contributed by atoms with E-state index in [-0.39, 0.29) is 10.8 Å². The number of benzene rings is 2. The summed E-state index contributed by atoms with van der Waals surface area (Å²) in [5, 5.41) is 0. The van der Waals surface area contributed by atoms with Gasteiger partial charge in [0.15, 0.2) is 0 Å². The highest BCUT2D eigenvalue weighted by molar-refractivity contribution is 5.73. The normalized spacial score (nSPS) is 18.1. The van der Waals surface area contributed by atoms with E-state index in [2.05, 4.69) is 58.0 Å². The Balaban J connectivity index is 1.93. The molecule has 0 aliphatic heterocycles. The van der Waals surface area contributed by atoms with Gasteiger partial charge in [0, 0.05) is 0 Å². The zero-order valence-electron chi connectivity index (χ0n) is 16.0. The summed E-state index contributed by atoms with van der Waals surface area (Å²) in [4.78, 5) is 0. The van der Waals surface area contributed by atoms with Gasteiger partial charge in [-0.3, -0.25) is 0 Å². The van der Waals surface area contributed by atoms with Crippen LogP contribution < -0.4 is 10.5 Å². The molecule has 1 aliphatic carbocycles. The third-order valence-electron chi connectivity index (χ3n) is 5.60. The van der Waals surface area contributed by atoms with E-state index in [1.54, 1.807) is 7.11 Å². The molecule has 2 aromatic carbocycles. The van der Waals surface area contributed by atoms with Crippen LogP contribution in [-0.2, 0) is 10.8 Å². The first kappa shape index (κ1) is 17.6. The molecule has 2 nitrogen and oxygen atoms in total. The molecular formula is C23H29NO. The van der Waals surface area contributed by atoms with Crippen LogP contribution in [0.2, 0.25) is 0 Å².